The fourth-order valence-electron chi connectivity index (χ4n) is 2.45. The predicted octanol–water partition coefficient (Wildman–Crippen LogP) is 2.84. The van der Waals surface area contributed by atoms with Crippen molar-refractivity contribution in [3.05, 3.63) is 32.8 Å². The van der Waals surface area contributed by atoms with Crippen LogP contribution in [-0.2, 0) is 0 Å². The lowest BCUT2D eigenvalue weighted by Gasteiger charge is -2.14. The van der Waals surface area contributed by atoms with Crippen molar-refractivity contribution in [2.45, 2.75) is 30.6 Å². The van der Waals surface area contributed by atoms with Gasteiger partial charge in [-0.05, 0) is 25.5 Å². The van der Waals surface area contributed by atoms with Crippen molar-refractivity contribution in [3.63, 3.8) is 0 Å². The second-order valence-corrected chi connectivity index (χ2v) is 6.53. The molecule has 0 heterocycles. The summed E-state index contributed by atoms with van der Waals surface area (Å²) < 4.78 is 0. The van der Waals surface area contributed by atoms with Crippen molar-refractivity contribution < 1.29 is 9.72 Å². The first kappa shape index (κ1) is 15.9. The van der Waals surface area contributed by atoms with Gasteiger partial charge in [-0.2, -0.15) is 11.8 Å². The summed E-state index contributed by atoms with van der Waals surface area (Å²) in [7, 11) is 0. The number of nitrogens with zero attached hydrogens (tertiary/aromatic N) is 1. The topological polar surface area (TPSA) is 98.3 Å². The van der Waals surface area contributed by atoms with E-state index in [1.165, 1.54) is 0 Å². The third kappa shape index (κ3) is 3.59. The Kier molecular flexibility index (Phi) is 4.95. The fraction of sp³-hybridized carbons (Fsp3) is 0.462. The van der Waals surface area contributed by atoms with E-state index in [0.29, 0.717) is 5.25 Å². The highest BCUT2D eigenvalue weighted by molar-refractivity contribution is 7.99. The molecule has 21 heavy (non-hydrogen) atoms. The standard InChI is InChI=1S/C13H16ClN3O3S/c1-21-9-3-2-7(4-9)16-13(18)10-5-8(17(19)20)6-11(14)12(10)15/h5-7,9H,2-4,15H2,1H3,(H,16,18). The minimum absolute atomic E-state index is 0.0164. The number of nitro groups is 1. The van der Waals surface area contributed by atoms with Gasteiger partial charge < -0.3 is 11.1 Å². The van der Waals surface area contributed by atoms with Gasteiger partial charge in [0.1, 0.15) is 0 Å². The first-order valence-corrected chi connectivity index (χ1v) is 8.16. The van der Waals surface area contributed by atoms with E-state index in [1.807, 2.05) is 6.26 Å². The van der Waals surface area contributed by atoms with Crippen LogP contribution in [0.15, 0.2) is 12.1 Å². The predicted molar refractivity (Wildman–Crippen MR) is 84.9 cm³/mol. The molecule has 0 bridgehead atoms. The highest BCUT2D eigenvalue weighted by Gasteiger charge is 2.27. The van der Waals surface area contributed by atoms with Crippen LogP contribution in [0.3, 0.4) is 0 Å². The lowest BCUT2D eigenvalue weighted by molar-refractivity contribution is -0.384. The summed E-state index contributed by atoms with van der Waals surface area (Å²) in [4.78, 5) is 22.5. The number of non-ortho nitro benzene ring substituents is 1. The molecule has 1 aromatic rings. The number of nitrogen functional groups attached to an aromatic ring is 1. The number of nitro benzene ring substituents is 1. The molecule has 8 heteroatoms. The van der Waals surface area contributed by atoms with Crippen LogP contribution >= 0.6 is 23.4 Å². The van der Waals surface area contributed by atoms with Crippen LogP contribution in [0.4, 0.5) is 11.4 Å². The van der Waals surface area contributed by atoms with Crippen LogP contribution in [-0.4, -0.2) is 28.4 Å². The Morgan fingerprint density at radius 1 is 1.52 bits per heavy atom. The number of halogens is 1. The van der Waals surface area contributed by atoms with Crippen molar-refractivity contribution in [3.8, 4) is 0 Å². The molecule has 1 fully saturated rings. The van der Waals surface area contributed by atoms with Gasteiger partial charge in [-0.1, -0.05) is 11.6 Å². The largest absolute Gasteiger partial charge is 0.397 e. The van der Waals surface area contributed by atoms with Gasteiger partial charge in [-0.3, -0.25) is 14.9 Å². The zero-order valence-electron chi connectivity index (χ0n) is 11.5. The van der Waals surface area contributed by atoms with Gasteiger partial charge in [-0.25, -0.2) is 0 Å². The Balaban J connectivity index is 2.17. The Bertz CT molecular complexity index is 582. The normalized spacial score (nSPS) is 21.2. The molecule has 1 aliphatic carbocycles. The van der Waals surface area contributed by atoms with E-state index in [-0.39, 0.29) is 28.0 Å². The highest BCUT2D eigenvalue weighted by Crippen LogP contribution is 2.31. The number of carbonyl (C=O) groups excluding carboxylic acids is 1. The van der Waals surface area contributed by atoms with E-state index in [2.05, 4.69) is 5.32 Å². The number of carbonyl (C=O) groups is 1. The SMILES string of the molecule is CSC1CCC(NC(=O)c2cc([N+](=O)[O-])cc(Cl)c2N)C1. The van der Waals surface area contributed by atoms with E-state index >= 15 is 0 Å². The van der Waals surface area contributed by atoms with Crippen LogP contribution in [0.5, 0.6) is 0 Å². The summed E-state index contributed by atoms with van der Waals surface area (Å²) in [6, 6.07) is 2.39. The molecular weight excluding hydrogens is 314 g/mol. The maximum absolute atomic E-state index is 12.3. The zero-order valence-corrected chi connectivity index (χ0v) is 13.0. The molecule has 1 aliphatic rings. The summed E-state index contributed by atoms with van der Waals surface area (Å²) in [5, 5.41) is 14.3. The number of thioether (sulfide) groups is 1. The lowest BCUT2D eigenvalue weighted by atomic mass is 10.1. The van der Waals surface area contributed by atoms with Gasteiger partial charge in [-0.15, -0.1) is 0 Å². The van der Waals surface area contributed by atoms with E-state index in [4.69, 9.17) is 17.3 Å². The van der Waals surface area contributed by atoms with Crippen LogP contribution in [0.1, 0.15) is 29.6 Å². The van der Waals surface area contributed by atoms with Crippen molar-refractivity contribution in [2.24, 2.45) is 0 Å². The minimum Gasteiger partial charge on any atom is -0.397 e. The van der Waals surface area contributed by atoms with Gasteiger partial charge >= 0.3 is 0 Å². The van der Waals surface area contributed by atoms with Gasteiger partial charge in [0.15, 0.2) is 0 Å². The summed E-state index contributed by atoms with van der Waals surface area (Å²) >= 11 is 7.64. The van der Waals surface area contributed by atoms with Gasteiger partial charge in [0.2, 0.25) is 0 Å². The smallest absolute Gasteiger partial charge is 0.271 e. The molecule has 0 saturated heterocycles. The molecule has 0 aliphatic heterocycles. The number of hydrogen-bond acceptors (Lipinski definition) is 5. The molecule has 0 aromatic heterocycles. The third-order valence-electron chi connectivity index (χ3n) is 3.62. The Labute approximate surface area is 131 Å². The van der Waals surface area contributed by atoms with Gasteiger partial charge in [0, 0.05) is 23.4 Å². The van der Waals surface area contributed by atoms with E-state index in [1.54, 1.807) is 11.8 Å². The second-order valence-electron chi connectivity index (χ2n) is 4.99. The average molecular weight is 330 g/mol. The molecule has 2 unspecified atom stereocenters. The van der Waals surface area contributed by atoms with E-state index in [0.717, 1.165) is 31.4 Å². The molecule has 6 nitrogen and oxygen atoms in total. The maximum Gasteiger partial charge on any atom is 0.271 e. The summed E-state index contributed by atoms with van der Waals surface area (Å²) in [6.45, 7) is 0. The number of nitrogens with two attached hydrogens (primary N) is 1. The first-order valence-electron chi connectivity index (χ1n) is 6.49. The van der Waals surface area contributed by atoms with Gasteiger partial charge in [0.25, 0.3) is 11.6 Å². The van der Waals surface area contributed by atoms with Crippen LogP contribution < -0.4 is 11.1 Å². The molecule has 2 atom stereocenters. The summed E-state index contributed by atoms with van der Waals surface area (Å²) in [6.07, 6.45) is 4.90. The van der Waals surface area contributed by atoms with Crippen LogP contribution in [0, 0.1) is 10.1 Å². The number of nitrogens with one attached hydrogen (secondary N) is 1. The molecule has 0 radical (unpaired) electrons. The quantitative estimate of drug-likeness (QED) is 0.503. The van der Waals surface area contributed by atoms with Crippen molar-refractivity contribution in [1.29, 1.82) is 0 Å². The summed E-state index contributed by atoms with van der Waals surface area (Å²) in [5.41, 5.74) is 5.64. The molecule has 1 aromatic carbocycles. The number of amides is 1. The van der Waals surface area contributed by atoms with Crippen LogP contribution in [0.2, 0.25) is 5.02 Å². The summed E-state index contributed by atoms with van der Waals surface area (Å²) in [5.74, 6) is -0.412. The lowest BCUT2D eigenvalue weighted by Crippen LogP contribution is -2.33. The number of hydrogen-bond donors (Lipinski definition) is 2. The molecule has 1 saturated carbocycles. The van der Waals surface area contributed by atoms with Crippen molar-refractivity contribution in [2.75, 3.05) is 12.0 Å². The van der Waals surface area contributed by atoms with E-state index < -0.39 is 10.8 Å². The van der Waals surface area contributed by atoms with Crippen molar-refractivity contribution in [1.82, 2.24) is 5.32 Å². The third-order valence-corrected chi connectivity index (χ3v) is 5.03. The van der Waals surface area contributed by atoms with Crippen LogP contribution in [0.25, 0.3) is 0 Å². The zero-order chi connectivity index (χ0) is 15.6. The maximum atomic E-state index is 12.3. The molecule has 3 N–H and O–H groups in total. The second kappa shape index (κ2) is 6.53. The molecule has 1 amide bonds. The minimum atomic E-state index is -0.596. The molecule has 0 spiro atoms. The molecular formula is C13H16ClN3O3S. The Morgan fingerprint density at radius 3 is 2.81 bits per heavy atom. The highest BCUT2D eigenvalue weighted by atomic mass is 35.5. The van der Waals surface area contributed by atoms with E-state index in [9.17, 15) is 14.9 Å². The Hall–Kier alpha value is -1.47. The van der Waals surface area contributed by atoms with Crippen molar-refractivity contribution >= 4 is 40.6 Å². The number of benzene rings is 1. The average Bonchev–Trinajstić information content (AvgIpc) is 2.88. The molecule has 2 rings (SSSR count). The first-order chi connectivity index (χ1) is 9.92. The monoisotopic (exact) mass is 329 g/mol. The Morgan fingerprint density at radius 2 is 2.24 bits per heavy atom. The molecule has 114 valence electrons. The fourth-order valence-corrected chi connectivity index (χ4v) is 3.46. The number of anilines is 1. The number of rotatable bonds is 4. The van der Waals surface area contributed by atoms with Gasteiger partial charge in [0.05, 0.1) is 21.2 Å².